The molecule has 0 bridgehead atoms. The Hall–Kier alpha value is -2.60. The molecule has 1 fully saturated rings. The van der Waals surface area contributed by atoms with E-state index in [2.05, 4.69) is 4.98 Å². The number of carbonyl (C=O) groups excluding carboxylic acids is 2. The Labute approximate surface area is 182 Å². The topological polar surface area (TPSA) is 62.7 Å². The zero-order valence-electron chi connectivity index (χ0n) is 17.5. The predicted molar refractivity (Wildman–Crippen MR) is 117 cm³/mol. The third-order valence-electron chi connectivity index (χ3n) is 5.25. The van der Waals surface area contributed by atoms with Gasteiger partial charge in [0.2, 0.25) is 5.88 Å². The Kier molecular flexibility index (Phi) is 7.69. The zero-order valence-corrected chi connectivity index (χ0v) is 18.3. The molecule has 7 heteroatoms. The number of rotatable bonds is 7. The third kappa shape index (κ3) is 5.11. The SMILES string of the molecule is CCCN(C(=O)c1nc(OCC)ccc1Cl)C1CCN(C(=O)c2ccccc2)CC1. The van der Waals surface area contributed by atoms with Crippen LogP contribution in [0.15, 0.2) is 42.5 Å². The highest BCUT2D eigenvalue weighted by molar-refractivity contribution is 6.33. The molecule has 1 aromatic carbocycles. The van der Waals surface area contributed by atoms with Gasteiger partial charge in [-0.25, -0.2) is 4.98 Å². The smallest absolute Gasteiger partial charge is 0.274 e. The van der Waals surface area contributed by atoms with E-state index in [0.29, 0.717) is 42.7 Å². The number of nitrogens with zero attached hydrogens (tertiary/aromatic N) is 3. The van der Waals surface area contributed by atoms with Crippen LogP contribution in [-0.2, 0) is 0 Å². The van der Waals surface area contributed by atoms with Crippen molar-refractivity contribution >= 4 is 23.4 Å². The molecule has 1 aromatic heterocycles. The van der Waals surface area contributed by atoms with Gasteiger partial charge in [-0.05, 0) is 44.4 Å². The molecule has 1 aliphatic rings. The number of aromatic nitrogens is 1. The Bertz CT molecular complexity index is 867. The Balaban J connectivity index is 1.71. The average Bonchev–Trinajstić information content (AvgIpc) is 2.79. The van der Waals surface area contributed by atoms with Crippen LogP contribution in [0.1, 0.15) is 54.0 Å². The summed E-state index contributed by atoms with van der Waals surface area (Å²) in [5.74, 6) is 0.248. The Morgan fingerprint density at radius 2 is 1.83 bits per heavy atom. The van der Waals surface area contributed by atoms with Crippen molar-refractivity contribution in [2.45, 2.75) is 39.2 Å². The molecule has 0 aliphatic carbocycles. The van der Waals surface area contributed by atoms with Crippen molar-refractivity contribution in [3.63, 3.8) is 0 Å². The number of hydrogen-bond donors (Lipinski definition) is 0. The first kappa shape index (κ1) is 22.1. The average molecular weight is 430 g/mol. The van der Waals surface area contributed by atoms with Gasteiger partial charge >= 0.3 is 0 Å². The van der Waals surface area contributed by atoms with Crippen molar-refractivity contribution in [2.24, 2.45) is 0 Å². The van der Waals surface area contributed by atoms with Crippen LogP contribution in [0, 0.1) is 0 Å². The molecule has 2 amide bonds. The van der Waals surface area contributed by atoms with E-state index in [0.717, 1.165) is 19.3 Å². The van der Waals surface area contributed by atoms with Crippen LogP contribution < -0.4 is 4.74 Å². The highest BCUT2D eigenvalue weighted by Crippen LogP contribution is 2.24. The van der Waals surface area contributed by atoms with Crippen molar-refractivity contribution < 1.29 is 14.3 Å². The summed E-state index contributed by atoms with van der Waals surface area (Å²) in [4.78, 5) is 34.0. The van der Waals surface area contributed by atoms with Gasteiger partial charge in [-0.3, -0.25) is 9.59 Å². The number of carbonyl (C=O) groups is 2. The summed E-state index contributed by atoms with van der Waals surface area (Å²) in [5, 5.41) is 0.321. The van der Waals surface area contributed by atoms with Gasteiger partial charge in [0.1, 0.15) is 0 Å². The molecule has 160 valence electrons. The molecule has 2 heterocycles. The van der Waals surface area contributed by atoms with Gasteiger partial charge < -0.3 is 14.5 Å². The number of pyridine rings is 1. The molecule has 1 saturated heterocycles. The second-order valence-electron chi connectivity index (χ2n) is 7.30. The number of halogens is 1. The van der Waals surface area contributed by atoms with Crippen molar-refractivity contribution in [1.82, 2.24) is 14.8 Å². The molecule has 1 aliphatic heterocycles. The first-order valence-corrected chi connectivity index (χ1v) is 10.9. The molecule has 0 unspecified atom stereocenters. The fourth-order valence-corrected chi connectivity index (χ4v) is 3.96. The quantitative estimate of drug-likeness (QED) is 0.658. The lowest BCUT2D eigenvalue weighted by atomic mass is 10.0. The second kappa shape index (κ2) is 10.4. The van der Waals surface area contributed by atoms with Crippen molar-refractivity contribution in [2.75, 3.05) is 26.2 Å². The van der Waals surface area contributed by atoms with Gasteiger partial charge in [-0.1, -0.05) is 36.7 Å². The van der Waals surface area contributed by atoms with E-state index >= 15 is 0 Å². The van der Waals surface area contributed by atoms with E-state index in [1.165, 1.54) is 0 Å². The molecule has 30 heavy (non-hydrogen) atoms. The largest absolute Gasteiger partial charge is 0.478 e. The number of ether oxygens (including phenoxy) is 1. The standard InChI is InChI=1S/C23H28ClN3O3/c1-3-14-27(23(29)21-19(24)10-11-20(25-21)30-4-2)18-12-15-26(16-13-18)22(28)17-8-6-5-7-9-17/h5-11,18H,3-4,12-16H2,1-2H3. The van der Waals surface area contributed by atoms with Crippen LogP contribution in [-0.4, -0.2) is 58.9 Å². The number of benzene rings is 1. The fraction of sp³-hybridized carbons (Fsp3) is 0.435. The molecule has 0 radical (unpaired) electrons. The summed E-state index contributed by atoms with van der Waals surface area (Å²) in [6.45, 7) is 6.23. The number of amides is 2. The van der Waals surface area contributed by atoms with Gasteiger partial charge in [0.05, 0.1) is 11.6 Å². The van der Waals surface area contributed by atoms with Gasteiger partial charge in [-0.2, -0.15) is 0 Å². The molecule has 0 N–H and O–H groups in total. The van der Waals surface area contributed by atoms with E-state index in [9.17, 15) is 9.59 Å². The van der Waals surface area contributed by atoms with Crippen LogP contribution in [0.5, 0.6) is 5.88 Å². The summed E-state index contributed by atoms with van der Waals surface area (Å²) in [5.41, 5.74) is 0.917. The molecular formula is C23H28ClN3O3. The van der Waals surface area contributed by atoms with Gasteiger partial charge in [0.25, 0.3) is 11.8 Å². The van der Waals surface area contributed by atoms with E-state index < -0.39 is 0 Å². The molecule has 2 aromatic rings. The fourth-order valence-electron chi connectivity index (χ4n) is 3.77. The maximum atomic E-state index is 13.3. The zero-order chi connectivity index (χ0) is 21.5. The van der Waals surface area contributed by atoms with E-state index in [4.69, 9.17) is 16.3 Å². The minimum atomic E-state index is -0.184. The van der Waals surface area contributed by atoms with E-state index in [1.807, 2.05) is 54.0 Å². The summed E-state index contributed by atoms with van der Waals surface area (Å²) < 4.78 is 5.43. The highest BCUT2D eigenvalue weighted by Gasteiger charge is 2.31. The van der Waals surface area contributed by atoms with Gasteiger partial charge in [0.15, 0.2) is 5.69 Å². The van der Waals surface area contributed by atoms with Crippen LogP contribution in [0.3, 0.4) is 0 Å². The Morgan fingerprint density at radius 3 is 2.47 bits per heavy atom. The minimum Gasteiger partial charge on any atom is -0.478 e. The van der Waals surface area contributed by atoms with E-state index in [-0.39, 0.29) is 23.6 Å². The first-order valence-electron chi connectivity index (χ1n) is 10.5. The molecule has 6 nitrogen and oxygen atoms in total. The normalized spacial score (nSPS) is 14.4. The Morgan fingerprint density at radius 1 is 1.13 bits per heavy atom. The molecular weight excluding hydrogens is 402 g/mol. The number of hydrogen-bond acceptors (Lipinski definition) is 4. The maximum absolute atomic E-state index is 13.3. The van der Waals surface area contributed by atoms with E-state index in [1.54, 1.807) is 12.1 Å². The number of piperidine rings is 1. The highest BCUT2D eigenvalue weighted by atomic mass is 35.5. The lowest BCUT2D eigenvalue weighted by Crippen LogP contribution is -2.49. The molecule has 3 rings (SSSR count). The molecule has 0 atom stereocenters. The summed E-state index contributed by atoms with van der Waals surface area (Å²) in [6.07, 6.45) is 2.29. The first-order chi connectivity index (χ1) is 14.5. The van der Waals surface area contributed by atoms with Crippen LogP contribution >= 0.6 is 11.6 Å². The van der Waals surface area contributed by atoms with Crippen molar-refractivity contribution in [3.05, 3.63) is 58.7 Å². The summed E-state index contributed by atoms with van der Waals surface area (Å²) >= 11 is 6.29. The second-order valence-corrected chi connectivity index (χ2v) is 7.71. The monoisotopic (exact) mass is 429 g/mol. The minimum absolute atomic E-state index is 0.0385. The summed E-state index contributed by atoms with van der Waals surface area (Å²) in [7, 11) is 0. The third-order valence-corrected chi connectivity index (χ3v) is 5.56. The maximum Gasteiger partial charge on any atom is 0.274 e. The van der Waals surface area contributed by atoms with Crippen molar-refractivity contribution in [3.8, 4) is 5.88 Å². The lowest BCUT2D eigenvalue weighted by Gasteiger charge is -2.38. The van der Waals surface area contributed by atoms with Crippen LogP contribution in [0.4, 0.5) is 0 Å². The lowest BCUT2D eigenvalue weighted by molar-refractivity contribution is 0.0514. The summed E-state index contributed by atoms with van der Waals surface area (Å²) in [6, 6.07) is 12.7. The van der Waals surface area contributed by atoms with Crippen LogP contribution in [0.25, 0.3) is 0 Å². The molecule has 0 spiro atoms. The van der Waals surface area contributed by atoms with Crippen molar-refractivity contribution in [1.29, 1.82) is 0 Å². The van der Waals surface area contributed by atoms with Gasteiger partial charge in [-0.15, -0.1) is 0 Å². The predicted octanol–water partition coefficient (Wildman–Crippen LogP) is 4.29. The van der Waals surface area contributed by atoms with Gasteiger partial charge in [0, 0.05) is 37.3 Å². The number of likely N-dealkylation sites (tertiary alicyclic amines) is 1. The van der Waals surface area contributed by atoms with Crippen LogP contribution in [0.2, 0.25) is 5.02 Å². The molecule has 0 saturated carbocycles.